The lowest BCUT2D eigenvalue weighted by Crippen LogP contribution is -2.48. The quantitative estimate of drug-likeness (QED) is 0.581. The van der Waals surface area contributed by atoms with Crippen LogP contribution in [0.15, 0.2) is 53.1 Å². The van der Waals surface area contributed by atoms with Gasteiger partial charge in [0.05, 0.1) is 30.3 Å². The van der Waals surface area contributed by atoms with Gasteiger partial charge in [0.25, 0.3) is 0 Å². The van der Waals surface area contributed by atoms with Crippen molar-refractivity contribution in [2.45, 2.75) is 25.7 Å². The molecule has 1 amide bonds. The number of nitriles is 1. The van der Waals surface area contributed by atoms with Crippen LogP contribution in [0.25, 0.3) is 11.0 Å². The first-order chi connectivity index (χ1) is 13.0. The van der Waals surface area contributed by atoms with Crippen molar-refractivity contribution >= 4 is 24.0 Å². The van der Waals surface area contributed by atoms with Crippen molar-refractivity contribution in [3.63, 3.8) is 0 Å². The minimum atomic E-state index is -1.73. The third-order valence-electron chi connectivity index (χ3n) is 4.51. The van der Waals surface area contributed by atoms with Gasteiger partial charge in [0.1, 0.15) is 5.58 Å². The molecule has 1 heterocycles. The highest BCUT2D eigenvalue weighted by atomic mass is 16.4. The summed E-state index contributed by atoms with van der Waals surface area (Å²) >= 11 is 0. The van der Waals surface area contributed by atoms with Crippen molar-refractivity contribution in [2.24, 2.45) is 0 Å². The van der Waals surface area contributed by atoms with Crippen LogP contribution in [0.4, 0.5) is 0 Å². The maximum Gasteiger partial charge on any atom is 0.475 e. The summed E-state index contributed by atoms with van der Waals surface area (Å²) in [7, 11) is -1.73. The van der Waals surface area contributed by atoms with E-state index in [1.165, 1.54) is 0 Å². The van der Waals surface area contributed by atoms with E-state index >= 15 is 0 Å². The lowest BCUT2D eigenvalue weighted by molar-refractivity contribution is -0.120. The Kier molecular flexibility index (Phi) is 5.60. The monoisotopic (exact) mass is 362 g/mol. The topological polar surface area (TPSA) is 106 Å². The molecule has 1 aromatic heterocycles. The highest BCUT2D eigenvalue weighted by Gasteiger charge is 2.27. The Labute approximate surface area is 157 Å². The van der Waals surface area contributed by atoms with Gasteiger partial charge in [-0.05, 0) is 36.1 Å². The summed E-state index contributed by atoms with van der Waals surface area (Å²) in [4.78, 5) is 12.4. The number of aryl methyl sites for hydroxylation is 1. The van der Waals surface area contributed by atoms with Crippen molar-refractivity contribution in [3.8, 4) is 6.07 Å². The van der Waals surface area contributed by atoms with E-state index in [1.807, 2.05) is 31.2 Å². The molecule has 0 bridgehead atoms. The normalized spacial score (nSPS) is 11.8. The maximum absolute atomic E-state index is 12.4. The van der Waals surface area contributed by atoms with Crippen LogP contribution in [-0.4, -0.2) is 29.0 Å². The number of rotatable bonds is 6. The lowest BCUT2D eigenvalue weighted by atomic mass is 9.75. The minimum Gasteiger partial charge on any atom is -0.464 e. The fraction of sp³-hybridized carbons (Fsp3) is 0.200. The average molecular weight is 362 g/mol. The summed E-state index contributed by atoms with van der Waals surface area (Å²) in [5.41, 5.74) is 3.52. The molecule has 3 rings (SSSR count). The fourth-order valence-corrected chi connectivity index (χ4v) is 3.10. The zero-order chi connectivity index (χ0) is 19.4. The standard InChI is InChI=1S/C20H19BN2O4/c1-13-5-4-8-17-16(12-27-20(13)17)9-18(21(25)26)23-19(24)10-14-6-2-3-7-15(14)11-22/h2-8,12,18,25-26H,9-10H2,1H3,(H,23,24). The maximum atomic E-state index is 12.4. The van der Waals surface area contributed by atoms with E-state index in [0.29, 0.717) is 11.1 Å². The van der Waals surface area contributed by atoms with Crippen LogP contribution in [-0.2, 0) is 17.6 Å². The second-order valence-electron chi connectivity index (χ2n) is 6.45. The van der Waals surface area contributed by atoms with Gasteiger partial charge in [-0.15, -0.1) is 0 Å². The molecule has 0 aliphatic heterocycles. The summed E-state index contributed by atoms with van der Waals surface area (Å²) < 4.78 is 5.58. The van der Waals surface area contributed by atoms with Gasteiger partial charge in [0, 0.05) is 5.39 Å². The van der Waals surface area contributed by atoms with E-state index in [2.05, 4.69) is 5.32 Å². The van der Waals surface area contributed by atoms with Crippen LogP contribution < -0.4 is 5.32 Å². The highest BCUT2D eigenvalue weighted by molar-refractivity contribution is 6.43. The third-order valence-corrected chi connectivity index (χ3v) is 4.51. The smallest absolute Gasteiger partial charge is 0.464 e. The molecule has 27 heavy (non-hydrogen) atoms. The van der Waals surface area contributed by atoms with Gasteiger partial charge in [0.15, 0.2) is 0 Å². The van der Waals surface area contributed by atoms with E-state index in [0.717, 1.165) is 22.1 Å². The van der Waals surface area contributed by atoms with Crippen LogP contribution in [0.5, 0.6) is 0 Å². The summed E-state index contributed by atoms with van der Waals surface area (Å²) in [6.45, 7) is 1.93. The predicted molar refractivity (Wildman–Crippen MR) is 102 cm³/mol. The largest absolute Gasteiger partial charge is 0.475 e. The zero-order valence-corrected chi connectivity index (χ0v) is 14.8. The van der Waals surface area contributed by atoms with Gasteiger partial charge >= 0.3 is 7.12 Å². The number of benzene rings is 2. The first-order valence-electron chi connectivity index (χ1n) is 8.58. The van der Waals surface area contributed by atoms with E-state index in [1.54, 1.807) is 30.5 Å². The number of nitrogens with one attached hydrogen (secondary N) is 1. The zero-order valence-electron chi connectivity index (χ0n) is 14.8. The molecule has 1 unspecified atom stereocenters. The van der Waals surface area contributed by atoms with Gasteiger partial charge in [-0.2, -0.15) is 5.26 Å². The van der Waals surface area contributed by atoms with Gasteiger partial charge < -0.3 is 19.8 Å². The average Bonchev–Trinajstić information content (AvgIpc) is 3.06. The summed E-state index contributed by atoms with van der Waals surface area (Å²) in [6.07, 6.45) is 1.77. The molecule has 0 spiro atoms. The molecule has 0 radical (unpaired) electrons. The van der Waals surface area contributed by atoms with Gasteiger partial charge in [0.2, 0.25) is 5.91 Å². The number of hydrogen-bond donors (Lipinski definition) is 3. The van der Waals surface area contributed by atoms with Crippen LogP contribution in [0.3, 0.4) is 0 Å². The number of hydrogen-bond acceptors (Lipinski definition) is 5. The minimum absolute atomic E-state index is 0.0157. The van der Waals surface area contributed by atoms with Gasteiger partial charge in [-0.3, -0.25) is 4.79 Å². The first-order valence-corrected chi connectivity index (χ1v) is 8.58. The number of fused-ring (bicyclic) bond motifs is 1. The molecule has 1 atom stereocenters. The molecule has 6 nitrogen and oxygen atoms in total. The van der Waals surface area contributed by atoms with E-state index in [4.69, 9.17) is 9.68 Å². The molecule has 3 N–H and O–H groups in total. The molecular formula is C20H19BN2O4. The van der Waals surface area contributed by atoms with Crippen LogP contribution in [0, 0.1) is 18.3 Å². The van der Waals surface area contributed by atoms with Crippen LogP contribution >= 0.6 is 0 Å². The third kappa shape index (κ3) is 4.19. The van der Waals surface area contributed by atoms with Crippen molar-refractivity contribution < 1.29 is 19.3 Å². The Morgan fingerprint density at radius 2 is 2.00 bits per heavy atom. The molecule has 0 fully saturated rings. The molecular weight excluding hydrogens is 343 g/mol. The van der Waals surface area contributed by atoms with Crippen molar-refractivity contribution in [3.05, 3.63) is 71.0 Å². The molecule has 2 aromatic carbocycles. The predicted octanol–water partition coefficient (Wildman–Crippen LogP) is 1.89. The second-order valence-corrected chi connectivity index (χ2v) is 6.45. The Hall–Kier alpha value is -3.08. The van der Waals surface area contributed by atoms with E-state index in [9.17, 15) is 14.8 Å². The van der Waals surface area contributed by atoms with Crippen molar-refractivity contribution in [2.75, 3.05) is 0 Å². The molecule has 136 valence electrons. The number of carbonyl (C=O) groups excluding carboxylic acids is 1. The molecule has 0 saturated heterocycles. The Bertz CT molecular complexity index is 1010. The van der Waals surface area contributed by atoms with E-state index < -0.39 is 13.1 Å². The summed E-state index contributed by atoms with van der Waals surface area (Å²) in [6, 6.07) is 14.6. The van der Waals surface area contributed by atoms with Crippen LogP contribution in [0.1, 0.15) is 22.3 Å². The number of furan rings is 1. The molecule has 7 heteroatoms. The number of carbonyl (C=O) groups is 1. The number of para-hydroxylation sites is 1. The fourth-order valence-electron chi connectivity index (χ4n) is 3.10. The Morgan fingerprint density at radius 3 is 2.74 bits per heavy atom. The second kappa shape index (κ2) is 8.08. The van der Waals surface area contributed by atoms with Crippen molar-refractivity contribution in [1.82, 2.24) is 5.32 Å². The van der Waals surface area contributed by atoms with Crippen molar-refractivity contribution in [1.29, 1.82) is 5.26 Å². The number of amides is 1. The molecule has 0 aliphatic carbocycles. The van der Waals surface area contributed by atoms with E-state index in [-0.39, 0.29) is 18.7 Å². The Morgan fingerprint density at radius 1 is 1.22 bits per heavy atom. The molecule has 0 saturated carbocycles. The Balaban J connectivity index is 1.75. The van der Waals surface area contributed by atoms with Crippen LogP contribution in [0.2, 0.25) is 0 Å². The highest BCUT2D eigenvalue weighted by Crippen LogP contribution is 2.25. The summed E-state index contributed by atoms with van der Waals surface area (Å²) in [5, 5.41) is 32.1. The SMILES string of the molecule is Cc1cccc2c(CC(NC(=O)Cc3ccccc3C#N)B(O)O)coc12. The number of nitrogens with zero attached hydrogens (tertiary/aromatic N) is 1. The van der Waals surface area contributed by atoms with Gasteiger partial charge in [-0.1, -0.05) is 36.4 Å². The first kappa shape index (κ1) is 18.7. The molecule has 0 aliphatic rings. The lowest BCUT2D eigenvalue weighted by Gasteiger charge is -2.17. The molecule has 3 aromatic rings. The van der Waals surface area contributed by atoms with Gasteiger partial charge in [-0.25, -0.2) is 0 Å². The summed E-state index contributed by atoms with van der Waals surface area (Å²) in [5.74, 6) is -1.28.